The molecule has 0 spiro atoms. The van der Waals surface area contributed by atoms with Crippen molar-refractivity contribution >= 4 is 17.3 Å². The van der Waals surface area contributed by atoms with E-state index in [-0.39, 0.29) is 5.91 Å². The highest BCUT2D eigenvalue weighted by Crippen LogP contribution is 2.24. The molecule has 1 aliphatic heterocycles. The minimum absolute atomic E-state index is 0.0369. The van der Waals surface area contributed by atoms with Crippen molar-refractivity contribution in [1.82, 2.24) is 9.88 Å². The van der Waals surface area contributed by atoms with Gasteiger partial charge < -0.3 is 10.2 Å². The van der Waals surface area contributed by atoms with E-state index in [9.17, 15) is 4.79 Å². The molecule has 23 heavy (non-hydrogen) atoms. The van der Waals surface area contributed by atoms with E-state index in [1.807, 2.05) is 23.1 Å². The zero-order chi connectivity index (χ0) is 16.2. The van der Waals surface area contributed by atoms with Crippen molar-refractivity contribution in [2.45, 2.75) is 33.1 Å². The van der Waals surface area contributed by atoms with Crippen LogP contribution in [0, 0.1) is 13.8 Å². The molecule has 1 saturated heterocycles. The smallest absolute Gasteiger partial charge is 0.272 e. The predicted octanol–water partition coefficient (Wildman–Crippen LogP) is 4.07. The largest absolute Gasteiger partial charge is 0.355 e. The lowest BCUT2D eigenvalue weighted by Crippen LogP contribution is -2.36. The first kappa shape index (κ1) is 15.5. The SMILES string of the molecule is Cc1cccc(C)c1Nc1ccnc(C(=O)N2CCCCC2)c1. The average Bonchev–Trinajstić information content (AvgIpc) is 2.59. The molecule has 1 N–H and O–H groups in total. The minimum Gasteiger partial charge on any atom is -0.355 e. The molecule has 1 aromatic heterocycles. The number of nitrogens with zero attached hydrogens (tertiary/aromatic N) is 2. The quantitative estimate of drug-likeness (QED) is 0.929. The number of hydrogen-bond acceptors (Lipinski definition) is 3. The molecular weight excluding hydrogens is 286 g/mol. The van der Waals surface area contributed by atoms with Crippen LogP contribution >= 0.6 is 0 Å². The number of anilines is 2. The summed E-state index contributed by atoms with van der Waals surface area (Å²) in [6, 6.07) is 9.96. The molecule has 1 aliphatic rings. The fraction of sp³-hybridized carbons (Fsp3) is 0.368. The van der Waals surface area contributed by atoms with Gasteiger partial charge in [0, 0.05) is 30.7 Å². The summed E-state index contributed by atoms with van der Waals surface area (Å²) >= 11 is 0. The number of amides is 1. The third kappa shape index (κ3) is 3.52. The zero-order valence-electron chi connectivity index (χ0n) is 13.8. The van der Waals surface area contributed by atoms with Crippen LogP contribution in [0.1, 0.15) is 40.9 Å². The first-order valence-corrected chi connectivity index (χ1v) is 8.24. The van der Waals surface area contributed by atoms with Crippen molar-refractivity contribution in [3.05, 3.63) is 53.3 Å². The van der Waals surface area contributed by atoms with E-state index in [4.69, 9.17) is 0 Å². The standard InChI is InChI=1S/C19H23N3O/c1-14-7-6-8-15(2)18(14)21-16-9-10-20-17(13-16)19(23)22-11-4-3-5-12-22/h6-10,13H,3-5,11-12H2,1-2H3,(H,20,21). The number of nitrogens with one attached hydrogen (secondary N) is 1. The topological polar surface area (TPSA) is 45.2 Å². The van der Waals surface area contributed by atoms with Crippen LogP contribution in [0.5, 0.6) is 0 Å². The van der Waals surface area contributed by atoms with Crippen molar-refractivity contribution < 1.29 is 4.79 Å². The normalized spacial score (nSPS) is 14.6. The molecule has 0 saturated carbocycles. The first-order valence-electron chi connectivity index (χ1n) is 8.24. The van der Waals surface area contributed by atoms with Crippen LogP contribution in [0.15, 0.2) is 36.5 Å². The molecule has 0 atom stereocenters. The van der Waals surface area contributed by atoms with Crippen molar-refractivity contribution in [3.8, 4) is 0 Å². The molecule has 0 radical (unpaired) electrons. The minimum atomic E-state index is 0.0369. The molecule has 2 aromatic rings. The van der Waals surface area contributed by atoms with E-state index < -0.39 is 0 Å². The van der Waals surface area contributed by atoms with Gasteiger partial charge >= 0.3 is 0 Å². The van der Waals surface area contributed by atoms with Crippen molar-refractivity contribution in [2.75, 3.05) is 18.4 Å². The summed E-state index contributed by atoms with van der Waals surface area (Å²) in [5.41, 5.74) is 4.88. The van der Waals surface area contributed by atoms with Gasteiger partial charge in [0.1, 0.15) is 5.69 Å². The van der Waals surface area contributed by atoms with Gasteiger partial charge in [-0.15, -0.1) is 0 Å². The monoisotopic (exact) mass is 309 g/mol. The molecule has 1 aromatic carbocycles. The van der Waals surface area contributed by atoms with Gasteiger partial charge in [-0.05, 0) is 56.4 Å². The summed E-state index contributed by atoms with van der Waals surface area (Å²) in [6.07, 6.45) is 5.09. The Morgan fingerprint density at radius 3 is 2.48 bits per heavy atom. The second-order valence-electron chi connectivity index (χ2n) is 6.17. The summed E-state index contributed by atoms with van der Waals surface area (Å²) in [5.74, 6) is 0.0369. The maximum atomic E-state index is 12.6. The lowest BCUT2D eigenvalue weighted by molar-refractivity contribution is 0.0718. The summed E-state index contributed by atoms with van der Waals surface area (Å²) in [7, 11) is 0. The number of aromatic nitrogens is 1. The molecule has 0 unspecified atom stereocenters. The highest BCUT2D eigenvalue weighted by atomic mass is 16.2. The first-order chi connectivity index (χ1) is 11.1. The van der Waals surface area contributed by atoms with Crippen LogP contribution in [-0.2, 0) is 0 Å². The molecule has 0 aliphatic carbocycles. The number of pyridine rings is 1. The number of rotatable bonds is 3. The molecule has 0 bridgehead atoms. The molecule has 4 nitrogen and oxygen atoms in total. The van der Waals surface area contributed by atoms with E-state index in [1.54, 1.807) is 6.20 Å². The van der Waals surface area contributed by atoms with Gasteiger partial charge in [0.05, 0.1) is 0 Å². The van der Waals surface area contributed by atoms with E-state index in [2.05, 4.69) is 36.3 Å². The Morgan fingerprint density at radius 1 is 1.09 bits per heavy atom. The third-order valence-corrected chi connectivity index (χ3v) is 4.37. The number of benzene rings is 1. The molecule has 2 heterocycles. The highest BCUT2D eigenvalue weighted by Gasteiger charge is 2.19. The van der Waals surface area contributed by atoms with E-state index >= 15 is 0 Å². The van der Waals surface area contributed by atoms with Crippen molar-refractivity contribution in [1.29, 1.82) is 0 Å². The Balaban J connectivity index is 1.81. The van der Waals surface area contributed by atoms with Crippen LogP contribution in [-0.4, -0.2) is 28.9 Å². The number of piperidine rings is 1. The molecule has 4 heteroatoms. The summed E-state index contributed by atoms with van der Waals surface area (Å²) in [5, 5.41) is 3.43. The summed E-state index contributed by atoms with van der Waals surface area (Å²) < 4.78 is 0. The van der Waals surface area contributed by atoms with Gasteiger partial charge in [0.15, 0.2) is 0 Å². The summed E-state index contributed by atoms with van der Waals surface area (Å²) in [6.45, 7) is 5.84. The molecule has 1 fully saturated rings. The van der Waals surface area contributed by atoms with E-state index in [0.29, 0.717) is 5.69 Å². The van der Waals surface area contributed by atoms with Crippen molar-refractivity contribution in [2.24, 2.45) is 0 Å². The van der Waals surface area contributed by atoms with Crippen LogP contribution < -0.4 is 5.32 Å². The van der Waals surface area contributed by atoms with E-state index in [0.717, 1.165) is 37.3 Å². The number of carbonyl (C=O) groups is 1. The number of hydrogen-bond donors (Lipinski definition) is 1. The molecule has 120 valence electrons. The number of para-hydroxylation sites is 1. The maximum absolute atomic E-state index is 12.6. The molecule has 3 rings (SSSR count). The van der Waals surface area contributed by atoms with E-state index in [1.165, 1.54) is 17.5 Å². The van der Waals surface area contributed by atoms with Crippen LogP contribution in [0.2, 0.25) is 0 Å². The lowest BCUT2D eigenvalue weighted by atomic mass is 10.1. The predicted molar refractivity (Wildman–Crippen MR) is 93.2 cm³/mol. The molecular formula is C19H23N3O. The van der Waals surface area contributed by atoms with Crippen molar-refractivity contribution in [3.63, 3.8) is 0 Å². The van der Waals surface area contributed by atoms with Gasteiger partial charge in [-0.25, -0.2) is 0 Å². The second-order valence-corrected chi connectivity index (χ2v) is 6.17. The van der Waals surface area contributed by atoms with Gasteiger partial charge in [-0.1, -0.05) is 18.2 Å². The van der Waals surface area contributed by atoms with Crippen LogP contribution in [0.4, 0.5) is 11.4 Å². The Labute approximate surface area is 137 Å². The Hall–Kier alpha value is -2.36. The van der Waals surface area contributed by atoms with Gasteiger partial charge in [0.2, 0.25) is 0 Å². The van der Waals surface area contributed by atoms with Gasteiger partial charge in [-0.2, -0.15) is 0 Å². The maximum Gasteiger partial charge on any atom is 0.272 e. The molecule has 1 amide bonds. The zero-order valence-corrected chi connectivity index (χ0v) is 13.8. The fourth-order valence-electron chi connectivity index (χ4n) is 3.04. The Kier molecular flexibility index (Phi) is 4.60. The lowest BCUT2D eigenvalue weighted by Gasteiger charge is -2.26. The number of carbonyl (C=O) groups excluding carboxylic acids is 1. The Morgan fingerprint density at radius 2 is 1.78 bits per heavy atom. The van der Waals surface area contributed by atoms with Gasteiger partial charge in [-0.3, -0.25) is 9.78 Å². The summed E-state index contributed by atoms with van der Waals surface area (Å²) in [4.78, 5) is 18.8. The second kappa shape index (κ2) is 6.82. The van der Waals surface area contributed by atoms with Crippen LogP contribution in [0.3, 0.4) is 0 Å². The number of aryl methyl sites for hydroxylation is 2. The van der Waals surface area contributed by atoms with Gasteiger partial charge in [0.25, 0.3) is 5.91 Å². The third-order valence-electron chi connectivity index (χ3n) is 4.37. The fourth-order valence-corrected chi connectivity index (χ4v) is 3.04. The number of likely N-dealkylation sites (tertiary alicyclic amines) is 1. The average molecular weight is 309 g/mol. The Bertz CT molecular complexity index is 685. The van der Waals surface area contributed by atoms with Crippen LogP contribution in [0.25, 0.3) is 0 Å². The highest BCUT2D eigenvalue weighted by molar-refractivity contribution is 5.93.